The van der Waals surface area contributed by atoms with Gasteiger partial charge in [-0.1, -0.05) is 19.8 Å². The second kappa shape index (κ2) is 5.75. The van der Waals surface area contributed by atoms with Gasteiger partial charge in [0, 0.05) is 20.4 Å². The van der Waals surface area contributed by atoms with Crippen LogP contribution in [0.2, 0.25) is 0 Å². The molecule has 0 rings (SSSR count). The minimum atomic E-state index is -0.154. The smallest absolute Gasteiger partial charge is 0.226 e. The quantitative estimate of drug-likeness (QED) is 0.602. The summed E-state index contributed by atoms with van der Waals surface area (Å²) in [5, 5.41) is 0. The van der Waals surface area contributed by atoms with E-state index in [0.717, 1.165) is 19.3 Å². The topological polar surface area (TPSA) is 37.4 Å². The molecule has 0 radical (unpaired) electrons. The lowest BCUT2D eigenvalue weighted by Gasteiger charge is -2.16. The number of amides is 2. The van der Waals surface area contributed by atoms with Gasteiger partial charge in [-0.15, -0.1) is 0 Å². The molecule has 0 atom stereocenters. The van der Waals surface area contributed by atoms with Gasteiger partial charge in [0.1, 0.15) is 0 Å². The van der Waals surface area contributed by atoms with Gasteiger partial charge >= 0.3 is 0 Å². The summed E-state index contributed by atoms with van der Waals surface area (Å²) >= 11 is 0. The molecule has 0 bridgehead atoms. The van der Waals surface area contributed by atoms with Crippen molar-refractivity contribution >= 4 is 11.8 Å². The molecule has 0 aliphatic carbocycles. The van der Waals surface area contributed by atoms with Crippen LogP contribution in [0.15, 0.2) is 0 Å². The molecule has 70 valence electrons. The molecular weight excluding hydrogens is 154 g/mol. The van der Waals surface area contributed by atoms with Crippen molar-refractivity contribution in [2.75, 3.05) is 6.54 Å². The van der Waals surface area contributed by atoms with Gasteiger partial charge in [-0.25, -0.2) is 0 Å². The Labute approximate surface area is 73.7 Å². The highest BCUT2D eigenvalue weighted by Crippen LogP contribution is 1.99. The van der Waals surface area contributed by atoms with Crippen molar-refractivity contribution in [3.63, 3.8) is 0 Å². The molecule has 0 saturated carbocycles. The van der Waals surface area contributed by atoms with Crippen LogP contribution in [0.25, 0.3) is 0 Å². The maximum atomic E-state index is 10.9. The zero-order valence-electron chi connectivity index (χ0n) is 8.09. The minimum absolute atomic E-state index is 0.154. The third-order valence-electron chi connectivity index (χ3n) is 1.75. The Kier molecular flexibility index (Phi) is 5.34. The molecule has 0 heterocycles. The van der Waals surface area contributed by atoms with Crippen LogP contribution in [0.1, 0.15) is 40.0 Å². The molecule has 0 fully saturated rings. The highest BCUT2D eigenvalue weighted by atomic mass is 16.2. The van der Waals surface area contributed by atoms with Crippen LogP contribution in [0.4, 0.5) is 0 Å². The molecule has 0 saturated heterocycles. The summed E-state index contributed by atoms with van der Waals surface area (Å²) in [6, 6.07) is 0. The van der Waals surface area contributed by atoms with E-state index in [1.54, 1.807) is 0 Å². The fourth-order valence-corrected chi connectivity index (χ4v) is 1.06. The van der Waals surface area contributed by atoms with E-state index >= 15 is 0 Å². The zero-order valence-corrected chi connectivity index (χ0v) is 8.09. The van der Waals surface area contributed by atoms with Gasteiger partial charge in [0.25, 0.3) is 0 Å². The van der Waals surface area contributed by atoms with Crippen molar-refractivity contribution in [3.05, 3.63) is 0 Å². The number of nitrogens with zero attached hydrogens (tertiary/aromatic N) is 1. The summed E-state index contributed by atoms with van der Waals surface area (Å²) in [6.07, 6.45) is 3.08. The van der Waals surface area contributed by atoms with Crippen LogP contribution in [-0.2, 0) is 9.59 Å². The number of rotatable bonds is 4. The molecule has 0 aromatic rings. The van der Waals surface area contributed by atoms with E-state index in [1.807, 2.05) is 0 Å². The van der Waals surface area contributed by atoms with Crippen molar-refractivity contribution in [1.82, 2.24) is 4.90 Å². The Balaban J connectivity index is 3.80. The molecular formula is C9H17NO2. The molecule has 0 aromatic heterocycles. The van der Waals surface area contributed by atoms with Gasteiger partial charge in [0.15, 0.2) is 0 Å². The second-order valence-corrected chi connectivity index (χ2v) is 2.90. The summed E-state index contributed by atoms with van der Waals surface area (Å²) in [5.74, 6) is -0.308. The summed E-state index contributed by atoms with van der Waals surface area (Å²) in [4.78, 5) is 23.1. The average molecular weight is 171 g/mol. The van der Waals surface area contributed by atoms with Crippen LogP contribution < -0.4 is 0 Å². The third-order valence-corrected chi connectivity index (χ3v) is 1.75. The predicted octanol–water partition coefficient (Wildman–Crippen LogP) is 1.57. The molecule has 2 amide bonds. The first-order valence-corrected chi connectivity index (χ1v) is 4.38. The second-order valence-electron chi connectivity index (χ2n) is 2.90. The first kappa shape index (κ1) is 11.1. The molecule has 0 aromatic carbocycles. The van der Waals surface area contributed by atoms with Crippen LogP contribution in [0.3, 0.4) is 0 Å². The summed E-state index contributed by atoms with van der Waals surface area (Å²) < 4.78 is 0. The predicted molar refractivity (Wildman–Crippen MR) is 47.6 cm³/mol. The number of unbranched alkanes of at least 4 members (excludes halogenated alkanes) is 2. The van der Waals surface area contributed by atoms with Crippen molar-refractivity contribution < 1.29 is 9.59 Å². The first-order valence-electron chi connectivity index (χ1n) is 4.38. The Hall–Kier alpha value is -0.860. The van der Waals surface area contributed by atoms with E-state index in [4.69, 9.17) is 0 Å². The Morgan fingerprint density at radius 3 is 1.92 bits per heavy atom. The lowest BCUT2D eigenvalue weighted by molar-refractivity contribution is -0.142. The van der Waals surface area contributed by atoms with Crippen molar-refractivity contribution in [1.29, 1.82) is 0 Å². The summed E-state index contributed by atoms with van der Waals surface area (Å²) in [6.45, 7) is 5.51. The van der Waals surface area contributed by atoms with Gasteiger partial charge in [-0.3, -0.25) is 14.5 Å². The van der Waals surface area contributed by atoms with E-state index in [2.05, 4.69) is 6.92 Å². The van der Waals surface area contributed by atoms with E-state index in [-0.39, 0.29) is 11.8 Å². The highest BCUT2D eigenvalue weighted by molar-refractivity contribution is 5.92. The molecule has 0 spiro atoms. The molecule has 3 nitrogen and oxygen atoms in total. The third kappa shape index (κ3) is 4.11. The number of imide groups is 1. The largest absolute Gasteiger partial charge is 0.283 e. The first-order chi connectivity index (χ1) is 5.59. The van der Waals surface area contributed by atoms with Crippen molar-refractivity contribution in [3.8, 4) is 0 Å². The van der Waals surface area contributed by atoms with E-state index in [1.165, 1.54) is 18.7 Å². The molecule has 12 heavy (non-hydrogen) atoms. The van der Waals surface area contributed by atoms with E-state index < -0.39 is 0 Å². The number of carbonyl (C=O) groups excluding carboxylic acids is 2. The van der Waals surface area contributed by atoms with Crippen LogP contribution in [0, 0.1) is 0 Å². The number of hydrogen-bond acceptors (Lipinski definition) is 2. The van der Waals surface area contributed by atoms with Gasteiger partial charge in [0.2, 0.25) is 11.8 Å². The Bertz CT molecular complexity index is 152. The van der Waals surface area contributed by atoms with Gasteiger partial charge in [-0.05, 0) is 6.42 Å². The number of hydrogen-bond donors (Lipinski definition) is 0. The lowest BCUT2D eigenvalue weighted by atomic mass is 10.2. The number of carbonyl (C=O) groups is 2. The SMILES string of the molecule is CCCCCN(C(C)=O)C(C)=O. The fourth-order valence-electron chi connectivity index (χ4n) is 1.06. The van der Waals surface area contributed by atoms with E-state index in [0.29, 0.717) is 6.54 Å². The maximum absolute atomic E-state index is 10.9. The van der Waals surface area contributed by atoms with Crippen LogP contribution in [-0.4, -0.2) is 23.3 Å². The monoisotopic (exact) mass is 171 g/mol. The van der Waals surface area contributed by atoms with Gasteiger partial charge < -0.3 is 0 Å². The molecule has 3 heteroatoms. The molecule has 0 aliphatic rings. The molecule has 0 aliphatic heterocycles. The highest BCUT2D eigenvalue weighted by Gasteiger charge is 2.11. The summed E-state index contributed by atoms with van der Waals surface area (Å²) in [7, 11) is 0. The Morgan fingerprint density at radius 2 is 1.58 bits per heavy atom. The molecule has 0 N–H and O–H groups in total. The summed E-state index contributed by atoms with van der Waals surface area (Å²) in [5.41, 5.74) is 0. The fraction of sp³-hybridized carbons (Fsp3) is 0.778. The van der Waals surface area contributed by atoms with Crippen molar-refractivity contribution in [2.45, 2.75) is 40.0 Å². The normalized spacial score (nSPS) is 9.58. The van der Waals surface area contributed by atoms with E-state index in [9.17, 15) is 9.59 Å². The minimum Gasteiger partial charge on any atom is -0.283 e. The Morgan fingerprint density at radius 1 is 1.08 bits per heavy atom. The van der Waals surface area contributed by atoms with Crippen LogP contribution >= 0.6 is 0 Å². The zero-order chi connectivity index (χ0) is 9.56. The van der Waals surface area contributed by atoms with Gasteiger partial charge in [0.05, 0.1) is 0 Å². The molecule has 0 unspecified atom stereocenters. The lowest BCUT2D eigenvalue weighted by Crippen LogP contribution is -2.33. The standard InChI is InChI=1S/C9H17NO2/c1-4-5-6-7-10(8(2)11)9(3)12/h4-7H2,1-3H3. The maximum Gasteiger partial charge on any atom is 0.226 e. The average Bonchev–Trinajstić information content (AvgIpc) is 1.96. The van der Waals surface area contributed by atoms with Crippen LogP contribution in [0.5, 0.6) is 0 Å². The van der Waals surface area contributed by atoms with Crippen molar-refractivity contribution in [2.24, 2.45) is 0 Å². The van der Waals surface area contributed by atoms with Gasteiger partial charge in [-0.2, -0.15) is 0 Å².